The number of benzene rings is 3. The van der Waals surface area contributed by atoms with Gasteiger partial charge in [-0.3, -0.25) is 14.2 Å². The van der Waals surface area contributed by atoms with Gasteiger partial charge in [0.2, 0.25) is 0 Å². The van der Waals surface area contributed by atoms with Crippen molar-refractivity contribution in [3.63, 3.8) is 0 Å². The highest BCUT2D eigenvalue weighted by Gasteiger charge is 2.25. The van der Waals surface area contributed by atoms with Crippen molar-refractivity contribution in [2.75, 3.05) is 5.32 Å². The lowest BCUT2D eigenvalue weighted by atomic mass is 10.1. The van der Waals surface area contributed by atoms with Crippen molar-refractivity contribution >= 4 is 50.1 Å². The molecule has 0 aliphatic carbocycles. The molecule has 146 valence electrons. The Labute approximate surface area is 180 Å². The van der Waals surface area contributed by atoms with Crippen LogP contribution in [0.4, 0.5) is 5.69 Å². The molecule has 1 amide bonds. The molecule has 3 aromatic carbocycles. The monoisotopic (exact) mass is 457 g/mol. The zero-order valence-corrected chi connectivity index (χ0v) is 17.6. The van der Waals surface area contributed by atoms with E-state index in [1.807, 2.05) is 61.5 Å². The van der Waals surface area contributed by atoms with Crippen molar-refractivity contribution in [3.8, 4) is 5.69 Å². The van der Waals surface area contributed by atoms with Crippen molar-refractivity contribution in [3.05, 3.63) is 98.5 Å². The molecule has 30 heavy (non-hydrogen) atoms. The minimum Gasteiger partial charge on any atom is -0.321 e. The minimum atomic E-state index is -0.221. The first-order chi connectivity index (χ1) is 14.5. The molecule has 1 aromatic heterocycles. The SMILES string of the molecule is Cc1ccc(-n2c(/C=C3/C(=O)Nc4ccc(Br)cc43)nc3ccccc3c2=O)cc1. The van der Waals surface area contributed by atoms with Crippen LogP contribution in [-0.2, 0) is 4.79 Å². The molecular weight excluding hydrogens is 442 g/mol. The van der Waals surface area contributed by atoms with Crippen LogP contribution in [0.25, 0.3) is 28.2 Å². The van der Waals surface area contributed by atoms with Gasteiger partial charge in [-0.15, -0.1) is 0 Å². The number of nitrogens with one attached hydrogen (secondary N) is 1. The number of hydrogen-bond acceptors (Lipinski definition) is 3. The Morgan fingerprint density at radius 1 is 1.00 bits per heavy atom. The molecular formula is C24H16BrN3O2. The fourth-order valence-electron chi connectivity index (χ4n) is 3.62. The first-order valence-electron chi connectivity index (χ1n) is 9.43. The third-order valence-corrected chi connectivity index (χ3v) is 5.63. The number of halogens is 1. The lowest BCUT2D eigenvalue weighted by Gasteiger charge is -2.12. The second-order valence-electron chi connectivity index (χ2n) is 7.17. The number of nitrogens with zero attached hydrogens (tertiary/aromatic N) is 2. The predicted molar refractivity (Wildman–Crippen MR) is 123 cm³/mol. The maximum Gasteiger partial charge on any atom is 0.266 e. The fourth-order valence-corrected chi connectivity index (χ4v) is 3.98. The van der Waals surface area contributed by atoms with Gasteiger partial charge in [0.15, 0.2) is 0 Å². The lowest BCUT2D eigenvalue weighted by molar-refractivity contribution is -0.110. The van der Waals surface area contributed by atoms with Gasteiger partial charge in [-0.05, 0) is 55.5 Å². The van der Waals surface area contributed by atoms with E-state index in [0.717, 1.165) is 21.3 Å². The van der Waals surface area contributed by atoms with E-state index < -0.39 is 0 Å². The summed E-state index contributed by atoms with van der Waals surface area (Å²) in [7, 11) is 0. The highest BCUT2D eigenvalue weighted by atomic mass is 79.9. The van der Waals surface area contributed by atoms with Crippen molar-refractivity contribution in [1.82, 2.24) is 9.55 Å². The summed E-state index contributed by atoms with van der Waals surface area (Å²) in [6.45, 7) is 1.99. The number of aryl methyl sites for hydroxylation is 1. The summed E-state index contributed by atoms with van der Waals surface area (Å²) in [6, 6.07) is 20.5. The molecule has 5 nitrogen and oxygen atoms in total. The average molecular weight is 458 g/mol. The molecule has 0 fully saturated rings. The maximum absolute atomic E-state index is 13.4. The zero-order valence-electron chi connectivity index (χ0n) is 16.0. The van der Waals surface area contributed by atoms with Gasteiger partial charge in [0.1, 0.15) is 5.82 Å². The standard InChI is InChI=1S/C24H16BrN3O2/c1-14-6-9-16(10-7-14)28-22(26-20-5-3-2-4-17(20)24(28)30)13-19-18-12-15(25)8-11-21(18)27-23(19)29/h2-13H,1H3,(H,27,29)/b19-13+. The lowest BCUT2D eigenvalue weighted by Crippen LogP contribution is -2.22. The van der Waals surface area contributed by atoms with E-state index in [1.165, 1.54) is 0 Å². The molecule has 1 aliphatic rings. The van der Waals surface area contributed by atoms with Crippen LogP contribution in [0, 0.1) is 6.92 Å². The second kappa shape index (κ2) is 7.07. The Morgan fingerprint density at radius 2 is 1.77 bits per heavy atom. The third kappa shape index (κ3) is 3.06. The summed E-state index contributed by atoms with van der Waals surface area (Å²) in [5, 5.41) is 3.40. The Morgan fingerprint density at radius 3 is 2.57 bits per heavy atom. The summed E-state index contributed by atoms with van der Waals surface area (Å²) in [4.78, 5) is 30.8. The predicted octanol–water partition coefficient (Wildman–Crippen LogP) is 4.95. The van der Waals surface area contributed by atoms with Crippen LogP contribution in [0.5, 0.6) is 0 Å². The molecule has 1 N–H and O–H groups in total. The van der Waals surface area contributed by atoms with Crippen molar-refractivity contribution in [2.45, 2.75) is 6.92 Å². The van der Waals surface area contributed by atoms with Gasteiger partial charge in [-0.2, -0.15) is 0 Å². The molecule has 5 rings (SSSR count). The van der Waals surface area contributed by atoms with E-state index in [1.54, 1.807) is 22.8 Å². The quantitative estimate of drug-likeness (QED) is 0.433. The van der Waals surface area contributed by atoms with Gasteiger partial charge in [0, 0.05) is 15.7 Å². The molecule has 1 aliphatic heterocycles. The van der Waals surface area contributed by atoms with Crippen LogP contribution in [0.1, 0.15) is 17.0 Å². The first kappa shape index (κ1) is 18.5. The van der Waals surface area contributed by atoms with Gasteiger partial charge < -0.3 is 5.32 Å². The molecule has 0 spiro atoms. The van der Waals surface area contributed by atoms with Gasteiger partial charge in [0.05, 0.1) is 22.2 Å². The topological polar surface area (TPSA) is 64.0 Å². The number of rotatable bonds is 2. The Bertz CT molecular complexity index is 1420. The summed E-state index contributed by atoms with van der Waals surface area (Å²) in [6.07, 6.45) is 1.68. The number of amides is 1. The number of fused-ring (bicyclic) bond motifs is 2. The second-order valence-corrected chi connectivity index (χ2v) is 8.08. The third-order valence-electron chi connectivity index (χ3n) is 5.13. The van der Waals surface area contributed by atoms with E-state index in [9.17, 15) is 9.59 Å². The molecule has 0 unspecified atom stereocenters. The molecule has 0 radical (unpaired) electrons. The Balaban J connectivity index is 1.81. The zero-order chi connectivity index (χ0) is 20.8. The number of anilines is 1. The average Bonchev–Trinajstić information content (AvgIpc) is 3.04. The number of aromatic nitrogens is 2. The van der Waals surface area contributed by atoms with Crippen LogP contribution in [0.15, 0.2) is 76.0 Å². The van der Waals surface area contributed by atoms with Crippen LogP contribution in [0.2, 0.25) is 0 Å². The van der Waals surface area contributed by atoms with Crippen LogP contribution < -0.4 is 10.9 Å². The van der Waals surface area contributed by atoms with E-state index >= 15 is 0 Å². The summed E-state index contributed by atoms with van der Waals surface area (Å²) in [5.41, 5.74) is 4.17. The van der Waals surface area contributed by atoms with Gasteiger partial charge in [-0.25, -0.2) is 4.98 Å². The maximum atomic E-state index is 13.4. The van der Waals surface area contributed by atoms with Crippen molar-refractivity contribution in [1.29, 1.82) is 0 Å². The molecule has 0 saturated carbocycles. The number of carbonyl (C=O) groups is 1. The minimum absolute atomic E-state index is 0.177. The van der Waals surface area contributed by atoms with Gasteiger partial charge >= 0.3 is 0 Å². The Hall–Kier alpha value is -3.51. The molecule has 6 heteroatoms. The first-order valence-corrected chi connectivity index (χ1v) is 10.2. The number of para-hydroxylation sites is 1. The molecule has 4 aromatic rings. The van der Waals surface area contributed by atoms with E-state index in [0.29, 0.717) is 28.0 Å². The highest BCUT2D eigenvalue weighted by Crippen LogP contribution is 2.35. The van der Waals surface area contributed by atoms with Crippen molar-refractivity contribution < 1.29 is 4.79 Å². The smallest absolute Gasteiger partial charge is 0.266 e. The normalized spacial score (nSPS) is 14.2. The van der Waals surface area contributed by atoms with E-state index in [4.69, 9.17) is 4.98 Å². The molecule has 2 heterocycles. The largest absolute Gasteiger partial charge is 0.321 e. The Kier molecular flexibility index (Phi) is 4.37. The number of hydrogen-bond donors (Lipinski definition) is 1. The summed E-state index contributed by atoms with van der Waals surface area (Å²) < 4.78 is 2.42. The highest BCUT2D eigenvalue weighted by molar-refractivity contribution is 9.10. The fraction of sp³-hybridized carbons (Fsp3) is 0.0417. The van der Waals surface area contributed by atoms with Gasteiger partial charge in [-0.1, -0.05) is 45.8 Å². The molecule has 0 saturated heterocycles. The van der Waals surface area contributed by atoms with Crippen LogP contribution in [-0.4, -0.2) is 15.5 Å². The molecule has 0 atom stereocenters. The summed E-state index contributed by atoms with van der Waals surface area (Å²) >= 11 is 3.46. The van der Waals surface area contributed by atoms with Crippen molar-refractivity contribution in [2.24, 2.45) is 0 Å². The number of carbonyl (C=O) groups excluding carboxylic acids is 1. The van der Waals surface area contributed by atoms with E-state index in [2.05, 4.69) is 21.2 Å². The van der Waals surface area contributed by atoms with Gasteiger partial charge in [0.25, 0.3) is 11.5 Å². The van der Waals surface area contributed by atoms with Crippen LogP contribution in [0.3, 0.4) is 0 Å². The van der Waals surface area contributed by atoms with E-state index in [-0.39, 0.29) is 11.5 Å². The van der Waals surface area contributed by atoms with Crippen LogP contribution >= 0.6 is 15.9 Å². The molecule has 0 bridgehead atoms. The summed E-state index contributed by atoms with van der Waals surface area (Å²) in [5.74, 6) is 0.182.